The minimum atomic E-state index is -3.61. The largest absolute Gasteiger partial charge is 0.399 e. The van der Waals surface area contributed by atoms with Crippen molar-refractivity contribution < 1.29 is 52.9 Å². The topological polar surface area (TPSA) is 366 Å². The predicted molar refractivity (Wildman–Crippen MR) is 175 cm³/mol. The number of aliphatic hydroxyl groups is 5. The molecule has 5 rings (SSSR count). The van der Waals surface area contributed by atoms with Gasteiger partial charge in [0, 0.05) is 24.3 Å². The number of anilines is 2. The molecule has 22 heteroatoms. The van der Waals surface area contributed by atoms with Crippen molar-refractivity contribution >= 4 is 32.2 Å². The quantitative estimate of drug-likeness (QED) is 0.107. The SMILES string of the molecule is Cc1nnc(NS(=O)(=O)c2ccc(N)cc2)s1.NC[C@H]1O[C@H](O[C@H]2[C@H](O)[C@@H](O[C@H]3O[C@H](CO)[C@@H](O)[C@H](N)[C@H]3O)[C@H](N)C[C@@H]2N)[C@H](N)C[C@@H]1O. The van der Waals surface area contributed by atoms with Gasteiger partial charge in [-0.25, -0.2) is 8.42 Å². The summed E-state index contributed by atoms with van der Waals surface area (Å²) in [6, 6.07) is 2.66. The number of nitrogen functional groups attached to an aromatic ring is 1. The predicted octanol–water partition coefficient (Wildman–Crippen LogP) is -5.07. The summed E-state index contributed by atoms with van der Waals surface area (Å²) in [6.45, 7) is 1.25. The standard InChI is InChI=1S/C18H37N5O9.C9H10N4O2S2/c19-3-9-8(25)2-7(22)17(29-9)31-15-5(20)1-6(21)16(14(15)28)32-18-13(27)11(23)12(26)10(4-24)30-18;1-6-11-12-9(16-6)13-17(14,15)8-4-2-7(10)3-5-8/h5-18,24-28H,1-4,19-23H2;2-5H,10H2,1H3,(H,12,13)/t5-,6+,7+,8-,9+,10+,11-,12+,13+,14-,15+,16-,17+,18+;/m0./s1. The van der Waals surface area contributed by atoms with Crippen molar-refractivity contribution in [3.8, 4) is 0 Å². The lowest BCUT2D eigenvalue weighted by Crippen LogP contribution is -2.68. The maximum atomic E-state index is 11.9. The van der Waals surface area contributed by atoms with Crippen molar-refractivity contribution in [2.24, 2.45) is 28.7 Å². The third-order valence-corrected chi connectivity index (χ3v) is 10.6. The number of nitrogens with zero attached hydrogens (tertiary/aromatic N) is 2. The van der Waals surface area contributed by atoms with Gasteiger partial charge in [-0.05, 0) is 44.0 Å². The van der Waals surface area contributed by atoms with E-state index in [9.17, 15) is 34.0 Å². The van der Waals surface area contributed by atoms with Gasteiger partial charge in [0.25, 0.3) is 10.0 Å². The van der Waals surface area contributed by atoms with Gasteiger partial charge >= 0.3 is 0 Å². The van der Waals surface area contributed by atoms with Crippen LogP contribution in [0.5, 0.6) is 0 Å². The normalized spacial score (nSPS) is 38.3. The van der Waals surface area contributed by atoms with Crippen molar-refractivity contribution in [2.45, 2.75) is 110 Å². The van der Waals surface area contributed by atoms with Crippen molar-refractivity contribution in [2.75, 3.05) is 23.6 Å². The number of nitrogens with one attached hydrogen (secondary N) is 1. The number of benzene rings is 1. The summed E-state index contributed by atoms with van der Waals surface area (Å²) >= 11 is 1.18. The molecule has 2 saturated heterocycles. The van der Waals surface area contributed by atoms with Crippen LogP contribution in [-0.2, 0) is 29.0 Å². The van der Waals surface area contributed by atoms with Gasteiger partial charge in [0.1, 0.15) is 41.6 Å². The van der Waals surface area contributed by atoms with Crippen LogP contribution in [0.3, 0.4) is 0 Å². The minimum Gasteiger partial charge on any atom is -0.399 e. The number of hydrogen-bond donors (Lipinski definition) is 12. The molecule has 0 radical (unpaired) electrons. The van der Waals surface area contributed by atoms with E-state index < -0.39 is 102 Å². The summed E-state index contributed by atoms with van der Waals surface area (Å²) in [4.78, 5) is 0.138. The molecule has 1 aliphatic carbocycles. The minimum absolute atomic E-state index is 0.0542. The molecule has 1 aromatic carbocycles. The zero-order valence-electron chi connectivity index (χ0n) is 26.6. The van der Waals surface area contributed by atoms with Gasteiger partial charge in [-0.1, -0.05) is 11.3 Å². The van der Waals surface area contributed by atoms with Crippen molar-refractivity contribution in [1.29, 1.82) is 0 Å². The van der Waals surface area contributed by atoms with Crippen LogP contribution < -0.4 is 39.1 Å². The fraction of sp³-hybridized carbons (Fsp3) is 0.704. The molecule has 2 aliphatic heterocycles. The molecule has 3 heterocycles. The number of sulfonamides is 1. The Labute approximate surface area is 286 Å². The van der Waals surface area contributed by atoms with Gasteiger partial charge < -0.3 is 78.9 Å². The fourth-order valence-corrected chi connectivity index (χ4v) is 7.41. The van der Waals surface area contributed by atoms with E-state index in [4.69, 9.17) is 53.3 Å². The number of aliphatic hydroxyl groups excluding tert-OH is 5. The Bertz CT molecular complexity index is 1440. The van der Waals surface area contributed by atoms with Gasteiger partial charge in [-0.3, -0.25) is 4.72 Å². The molecule has 0 bridgehead atoms. The van der Waals surface area contributed by atoms with Crippen LogP contribution >= 0.6 is 11.3 Å². The van der Waals surface area contributed by atoms with Gasteiger partial charge in [0.15, 0.2) is 12.6 Å². The highest BCUT2D eigenvalue weighted by atomic mass is 32.2. The Morgan fingerprint density at radius 2 is 1.47 bits per heavy atom. The molecular formula is C27H47N9O11S2. The average molecular weight is 738 g/mol. The van der Waals surface area contributed by atoms with Crippen LogP contribution in [0.2, 0.25) is 0 Å². The molecular weight excluding hydrogens is 690 g/mol. The highest BCUT2D eigenvalue weighted by molar-refractivity contribution is 7.93. The summed E-state index contributed by atoms with van der Waals surface area (Å²) in [7, 11) is -3.61. The maximum Gasteiger partial charge on any atom is 0.263 e. The summed E-state index contributed by atoms with van der Waals surface area (Å²) in [5.41, 5.74) is 35.8. The third kappa shape index (κ3) is 9.56. The Morgan fingerprint density at radius 1 is 0.878 bits per heavy atom. The second-order valence-electron chi connectivity index (χ2n) is 12.1. The molecule has 2 aromatic rings. The average Bonchev–Trinajstić information content (AvgIpc) is 3.45. The molecule has 14 atom stereocenters. The number of aryl methyl sites for hydroxylation is 1. The van der Waals surface area contributed by atoms with Crippen molar-refractivity contribution in [3.63, 3.8) is 0 Å². The van der Waals surface area contributed by atoms with Crippen LogP contribution in [-0.4, -0.2) is 143 Å². The third-order valence-electron chi connectivity index (χ3n) is 8.35. The molecule has 18 N–H and O–H groups in total. The number of hydrogen-bond acceptors (Lipinski definition) is 20. The maximum absolute atomic E-state index is 11.9. The molecule has 0 spiro atoms. The molecule has 1 aromatic heterocycles. The van der Waals surface area contributed by atoms with E-state index in [1.54, 1.807) is 6.92 Å². The zero-order valence-corrected chi connectivity index (χ0v) is 28.2. The van der Waals surface area contributed by atoms with E-state index >= 15 is 0 Å². The van der Waals surface area contributed by atoms with Crippen LogP contribution in [0.25, 0.3) is 0 Å². The molecule has 0 amide bonds. The zero-order chi connectivity index (χ0) is 36.2. The van der Waals surface area contributed by atoms with Crippen LogP contribution in [0.15, 0.2) is 29.2 Å². The number of aromatic nitrogens is 2. The van der Waals surface area contributed by atoms with E-state index in [1.165, 1.54) is 35.6 Å². The smallest absolute Gasteiger partial charge is 0.263 e. The van der Waals surface area contributed by atoms with E-state index in [0.29, 0.717) is 10.7 Å². The molecule has 278 valence electrons. The molecule has 1 saturated carbocycles. The van der Waals surface area contributed by atoms with Gasteiger partial charge in [0.2, 0.25) is 5.13 Å². The van der Waals surface area contributed by atoms with Crippen LogP contribution in [0, 0.1) is 6.92 Å². The second kappa shape index (κ2) is 16.9. The van der Waals surface area contributed by atoms with Gasteiger partial charge in [-0.15, -0.1) is 10.2 Å². The first-order valence-corrected chi connectivity index (χ1v) is 17.7. The molecule has 49 heavy (non-hydrogen) atoms. The van der Waals surface area contributed by atoms with E-state index in [1.807, 2.05) is 0 Å². The van der Waals surface area contributed by atoms with Crippen molar-refractivity contribution in [3.05, 3.63) is 29.3 Å². The Morgan fingerprint density at radius 3 is 2.02 bits per heavy atom. The number of nitrogens with two attached hydrogens (primary N) is 6. The first-order chi connectivity index (χ1) is 23.1. The number of rotatable bonds is 9. The second-order valence-corrected chi connectivity index (χ2v) is 14.9. The molecule has 3 aliphatic rings. The van der Waals surface area contributed by atoms with Crippen LogP contribution in [0.1, 0.15) is 17.8 Å². The summed E-state index contributed by atoms with van der Waals surface area (Å²) < 4.78 is 48.9. The first kappa shape index (κ1) is 39.6. The van der Waals surface area contributed by atoms with E-state index in [0.717, 1.165) is 0 Å². The monoisotopic (exact) mass is 737 g/mol. The lowest BCUT2D eigenvalue weighted by Gasteiger charge is -2.47. The summed E-state index contributed by atoms with van der Waals surface area (Å²) in [6.07, 6.45) is -10.8. The van der Waals surface area contributed by atoms with Gasteiger partial charge in [0.05, 0.1) is 35.8 Å². The first-order valence-electron chi connectivity index (χ1n) is 15.4. The Hall–Kier alpha value is -2.23. The highest BCUT2D eigenvalue weighted by Crippen LogP contribution is 2.31. The molecule has 3 fully saturated rings. The Kier molecular flexibility index (Phi) is 13.6. The lowest BCUT2D eigenvalue weighted by atomic mass is 9.84. The highest BCUT2D eigenvalue weighted by Gasteiger charge is 2.50. The fourth-order valence-electron chi connectivity index (χ4n) is 5.59. The lowest BCUT2D eigenvalue weighted by molar-refractivity contribution is -0.314. The summed E-state index contributed by atoms with van der Waals surface area (Å²) in [5.74, 6) is 0. The van der Waals surface area contributed by atoms with Crippen molar-refractivity contribution in [1.82, 2.24) is 10.2 Å². The van der Waals surface area contributed by atoms with E-state index in [2.05, 4.69) is 14.9 Å². The van der Waals surface area contributed by atoms with Crippen LogP contribution in [0.4, 0.5) is 10.8 Å². The van der Waals surface area contributed by atoms with Gasteiger partial charge in [-0.2, -0.15) is 0 Å². The number of ether oxygens (including phenoxy) is 4. The van der Waals surface area contributed by atoms with E-state index in [-0.39, 0.29) is 29.4 Å². The summed E-state index contributed by atoms with van der Waals surface area (Å²) in [5, 5.41) is 59.1. The molecule has 0 unspecified atom stereocenters. The Balaban J connectivity index is 0.000000266. The molecule has 20 nitrogen and oxygen atoms in total.